The summed E-state index contributed by atoms with van der Waals surface area (Å²) in [6.07, 6.45) is -0.380. The third-order valence-corrected chi connectivity index (χ3v) is 3.20. The van der Waals surface area contributed by atoms with Crippen LogP contribution >= 0.6 is 0 Å². The molecule has 0 heterocycles. The Hall–Kier alpha value is -0.690. The number of hydrogen-bond acceptors (Lipinski definition) is 3. The third-order valence-electron chi connectivity index (χ3n) is 2.38. The summed E-state index contributed by atoms with van der Waals surface area (Å²) in [6.45, 7) is 1.11. The molecule has 0 aliphatic heterocycles. The smallest absolute Gasteiger partial charge is 0.312 e. The highest BCUT2D eigenvalue weighted by Crippen LogP contribution is 2.59. The van der Waals surface area contributed by atoms with Crippen LogP contribution in [0.5, 0.6) is 0 Å². The fraction of sp³-hybridized carbons (Fsp3) is 0.833. The predicted octanol–water partition coefficient (Wildman–Crippen LogP) is 0.0771. The molecule has 0 amide bonds. The molecule has 0 aromatic carbocycles. The van der Waals surface area contributed by atoms with Crippen LogP contribution < -0.4 is 0 Å². The first-order valence-corrected chi connectivity index (χ1v) is 5.09. The summed E-state index contributed by atoms with van der Waals surface area (Å²) in [5.74, 6) is -2.54. The number of carboxylic acids is 1. The molecule has 1 aliphatic carbocycles. The number of halogens is 1. The van der Waals surface area contributed by atoms with Gasteiger partial charge in [-0.25, -0.2) is 4.39 Å². The molecule has 0 unspecified atom stereocenters. The maximum atomic E-state index is 13.4. The Labute approximate surface area is 74.3 Å². The van der Waals surface area contributed by atoms with Crippen LogP contribution in [0.2, 0.25) is 0 Å². The van der Waals surface area contributed by atoms with E-state index in [1.165, 1.54) is 0 Å². The molecule has 2 atom stereocenters. The molecule has 1 fully saturated rings. The first-order valence-electron chi connectivity index (χ1n) is 3.48. The van der Waals surface area contributed by atoms with Crippen molar-refractivity contribution in [3.8, 4) is 0 Å². The maximum absolute atomic E-state index is 13.4. The molecular formula is C6H9FO5S. The van der Waals surface area contributed by atoms with E-state index in [0.717, 1.165) is 6.92 Å². The zero-order valence-electron chi connectivity index (χ0n) is 6.82. The SMILES string of the molecule is C[C@@]1(C(=O)O)C[C@@]1(F)CS(=O)(=O)O. The minimum absolute atomic E-state index is 0.380. The van der Waals surface area contributed by atoms with Gasteiger partial charge in [0, 0.05) is 6.42 Å². The fourth-order valence-electron chi connectivity index (χ4n) is 1.28. The lowest BCUT2D eigenvalue weighted by molar-refractivity contribution is -0.144. The molecule has 0 saturated heterocycles. The summed E-state index contributed by atoms with van der Waals surface area (Å²) in [4.78, 5) is 10.5. The molecular weight excluding hydrogens is 203 g/mol. The van der Waals surface area contributed by atoms with E-state index < -0.39 is 32.9 Å². The number of carboxylic acid groups (broad SMARTS) is 1. The monoisotopic (exact) mass is 212 g/mol. The molecule has 0 bridgehead atoms. The minimum Gasteiger partial charge on any atom is -0.481 e. The van der Waals surface area contributed by atoms with Gasteiger partial charge in [-0.05, 0) is 6.92 Å². The van der Waals surface area contributed by atoms with Gasteiger partial charge in [0.25, 0.3) is 10.1 Å². The first kappa shape index (κ1) is 10.4. The van der Waals surface area contributed by atoms with Gasteiger partial charge in [-0.3, -0.25) is 9.35 Å². The standard InChI is InChI=1S/C6H9FO5S/c1-5(4(8)9)2-6(5,7)3-13(10,11)12/h2-3H2,1H3,(H,8,9)(H,10,11,12)/t5-,6+/m0/s1. The Morgan fingerprint density at radius 1 is 1.62 bits per heavy atom. The third kappa shape index (κ3) is 1.66. The first-order chi connectivity index (χ1) is 5.61. The molecule has 2 N–H and O–H groups in total. The second-order valence-corrected chi connectivity index (χ2v) is 4.96. The molecule has 1 rings (SSSR count). The van der Waals surface area contributed by atoms with Gasteiger partial charge in [0.1, 0.15) is 16.8 Å². The van der Waals surface area contributed by atoms with Gasteiger partial charge >= 0.3 is 5.97 Å². The average Bonchev–Trinajstić information content (AvgIpc) is 2.30. The molecule has 0 spiro atoms. The maximum Gasteiger partial charge on any atom is 0.312 e. The van der Waals surface area contributed by atoms with Crippen molar-refractivity contribution in [1.29, 1.82) is 0 Å². The molecule has 1 aliphatic rings. The van der Waals surface area contributed by atoms with E-state index in [4.69, 9.17) is 9.66 Å². The zero-order chi connectivity index (χ0) is 10.5. The summed E-state index contributed by atoms with van der Waals surface area (Å²) >= 11 is 0. The minimum atomic E-state index is -4.46. The second kappa shape index (κ2) is 2.42. The predicted molar refractivity (Wildman–Crippen MR) is 40.6 cm³/mol. The molecule has 13 heavy (non-hydrogen) atoms. The molecule has 7 heteroatoms. The molecule has 0 radical (unpaired) electrons. The normalized spacial score (nSPS) is 38.7. The van der Waals surface area contributed by atoms with Gasteiger partial charge in [0.05, 0.1) is 0 Å². The molecule has 0 aromatic heterocycles. The van der Waals surface area contributed by atoms with Gasteiger partial charge in [0.2, 0.25) is 0 Å². The number of alkyl halides is 1. The van der Waals surface area contributed by atoms with Crippen LogP contribution in [-0.2, 0) is 14.9 Å². The summed E-state index contributed by atoms with van der Waals surface area (Å²) < 4.78 is 42.4. The number of hydrogen-bond donors (Lipinski definition) is 2. The molecule has 5 nitrogen and oxygen atoms in total. The van der Waals surface area contributed by atoms with Crippen molar-refractivity contribution in [2.24, 2.45) is 5.41 Å². The quantitative estimate of drug-likeness (QED) is 0.646. The van der Waals surface area contributed by atoms with E-state index >= 15 is 0 Å². The number of rotatable bonds is 3. The van der Waals surface area contributed by atoms with E-state index in [0.29, 0.717) is 0 Å². The molecule has 0 aromatic rings. The lowest BCUT2D eigenvalue weighted by Crippen LogP contribution is -2.28. The summed E-state index contributed by atoms with van der Waals surface area (Å²) in [7, 11) is -4.46. The van der Waals surface area contributed by atoms with E-state index in [9.17, 15) is 17.6 Å². The Bertz CT molecular complexity index is 350. The van der Waals surface area contributed by atoms with Crippen LogP contribution in [0.25, 0.3) is 0 Å². The van der Waals surface area contributed by atoms with Crippen molar-refractivity contribution in [3.63, 3.8) is 0 Å². The van der Waals surface area contributed by atoms with Crippen molar-refractivity contribution in [2.75, 3.05) is 5.75 Å². The van der Waals surface area contributed by atoms with Gasteiger partial charge in [-0.2, -0.15) is 8.42 Å². The molecule has 76 valence electrons. The highest BCUT2D eigenvalue weighted by atomic mass is 32.2. The summed E-state index contributed by atoms with van der Waals surface area (Å²) in [5.41, 5.74) is -4.00. The van der Waals surface area contributed by atoms with E-state index in [2.05, 4.69) is 0 Å². The van der Waals surface area contributed by atoms with Gasteiger partial charge in [-0.1, -0.05) is 0 Å². The van der Waals surface area contributed by atoms with Crippen LogP contribution in [-0.4, -0.2) is 35.5 Å². The largest absolute Gasteiger partial charge is 0.481 e. The Morgan fingerprint density at radius 3 is 2.31 bits per heavy atom. The van der Waals surface area contributed by atoms with E-state index in [1.54, 1.807) is 0 Å². The van der Waals surface area contributed by atoms with E-state index in [1.807, 2.05) is 0 Å². The van der Waals surface area contributed by atoms with Crippen molar-refractivity contribution < 1.29 is 27.3 Å². The van der Waals surface area contributed by atoms with Crippen molar-refractivity contribution in [2.45, 2.75) is 19.0 Å². The van der Waals surface area contributed by atoms with Gasteiger partial charge < -0.3 is 5.11 Å². The van der Waals surface area contributed by atoms with Crippen LogP contribution in [0, 0.1) is 5.41 Å². The fourth-order valence-corrected chi connectivity index (χ4v) is 2.28. The highest BCUT2D eigenvalue weighted by molar-refractivity contribution is 7.85. The van der Waals surface area contributed by atoms with Crippen LogP contribution in [0.1, 0.15) is 13.3 Å². The Balaban J connectivity index is 2.82. The zero-order valence-corrected chi connectivity index (χ0v) is 7.64. The molecule has 1 saturated carbocycles. The number of aliphatic carboxylic acids is 1. The van der Waals surface area contributed by atoms with E-state index in [-0.39, 0.29) is 6.42 Å². The van der Waals surface area contributed by atoms with Gasteiger partial charge in [0.15, 0.2) is 0 Å². The Morgan fingerprint density at radius 2 is 2.08 bits per heavy atom. The lowest BCUT2D eigenvalue weighted by Gasteiger charge is -2.08. The van der Waals surface area contributed by atoms with Gasteiger partial charge in [-0.15, -0.1) is 0 Å². The lowest BCUT2D eigenvalue weighted by atomic mass is 10.1. The van der Waals surface area contributed by atoms with Crippen LogP contribution in [0.3, 0.4) is 0 Å². The van der Waals surface area contributed by atoms with Crippen molar-refractivity contribution in [3.05, 3.63) is 0 Å². The topological polar surface area (TPSA) is 91.7 Å². The summed E-state index contributed by atoms with van der Waals surface area (Å²) in [5, 5.41) is 8.53. The van der Waals surface area contributed by atoms with Crippen LogP contribution in [0.15, 0.2) is 0 Å². The van der Waals surface area contributed by atoms with Crippen molar-refractivity contribution >= 4 is 16.1 Å². The summed E-state index contributed by atoms with van der Waals surface area (Å²) in [6, 6.07) is 0. The average molecular weight is 212 g/mol. The highest BCUT2D eigenvalue weighted by Gasteiger charge is 2.72. The van der Waals surface area contributed by atoms with Crippen LogP contribution in [0.4, 0.5) is 4.39 Å². The Kier molecular flexibility index (Phi) is 1.93. The van der Waals surface area contributed by atoms with Crippen molar-refractivity contribution in [1.82, 2.24) is 0 Å². The second-order valence-electron chi connectivity index (χ2n) is 3.51. The number of carbonyl (C=O) groups is 1.